The number of pyridine rings is 1. The van der Waals surface area contributed by atoms with E-state index in [0.29, 0.717) is 18.1 Å². The Balaban J connectivity index is 1.93. The van der Waals surface area contributed by atoms with Crippen LogP contribution in [0.4, 0.5) is 0 Å². The van der Waals surface area contributed by atoms with Crippen molar-refractivity contribution in [1.29, 1.82) is 0 Å². The molecule has 142 valence electrons. The van der Waals surface area contributed by atoms with Crippen molar-refractivity contribution < 1.29 is 9.53 Å². The zero-order valence-corrected chi connectivity index (χ0v) is 17.2. The van der Waals surface area contributed by atoms with Gasteiger partial charge in [0.25, 0.3) is 0 Å². The first-order chi connectivity index (χ1) is 13.5. The Morgan fingerprint density at radius 3 is 2.71 bits per heavy atom. The lowest BCUT2D eigenvalue weighted by molar-refractivity contribution is -0.138. The fourth-order valence-corrected chi connectivity index (χ4v) is 4.71. The smallest absolute Gasteiger partial charge is 0.334 e. The predicted molar refractivity (Wildman–Crippen MR) is 114 cm³/mol. The third-order valence-corrected chi connectivity index (χ3v) is 6.24. The molecule has 1 aliphatic heterocycles. The number of nitrogens with zero attached hydrogens (tertiary/aromatic N) is 1. The highest BCUT2D eigenvalue weighted by Gasteiger charge is 2.33. The summed E-state index contributed by atoms with van der Waals surface area (Å²) in [5.41, 5.74) is 4.80. The second-order valence-electron chi connectivity index (χ2n) is 7.31. The summed E-state index contributed by atoms with van der Waals surface area (Å²) in [4.78, 5) is 18.6. The fraction of sp³-hybridized carbons (Fsp3) is 0.250. The van der Waals surface area contributed by atoms with Gasteiger partial charge in [0.15, 0.2) is 0 Å². The fourth-order valence-electron chi connectivity index (χ4n) is 3.64. The van der Waals surface area contributed by atoms with E-state index in [-0.39, 0.29) is 11.9 Å². The summed E-state index contributed by atoms with van der Waals surface area (Å²) < 4.78 is 5.29. The number of carbonyl (C=O) groups is 1. The Labute approximate surface area is 169 Å². The minimum Gasteiger partial charge on any atom is -0.463 e. The van der Waals surface area contributed by atoms with Crippen LogP contribution in [0, 0.1) is 0 Å². The molecule has 4 rings (SSSR count). The molecule has 4 heteroatoms. The maximum atomic E-state index is 12.6. The molecule has 0 saturated carbocycles. The van der Waals surface area contributed by atoms with Gasteiger partial charge >= 0.3 is 5.97 Å². The molecule has 0 saturated heterocycles. The number of carbonyl (C=O) groups excluding carboxylic acids is 1. The molecule has 28 heavy (non-hydrogen) atoms. The van der Waals surface area contributed by atoms with Crippen molar-refractivity contribution in [3.63, 3.8) is 0 Å². The molecule has 2 heterocycles. The molecule has 0 bridgehead atoms. The predicted octanol–water partition coefficient (Wildman–Crippen LogP) is 6.07. The zero-order chi connectivity index (χ0) is 19.8. The highest BCUT2D eigenvalue weighted by atomic mass is 32.2. The Morgan fingerprint density at radius 2 is 1.96 bits per heavy atom. The van der Waals surface area contributed by atoms with E-state index < -0.39 is 0 Å². The number of hydrogen-bond donors (Lipinski definition) is 0. The van der Waals surface area contributed by atoms with Gasteiger partial charge in [0, 0.05) is 21.8 Å². The van der Waals surface area contributed by atoms with Crippen LogP contribution in [-0.2, 0) is 9.53 Å². The molecule has 1 aromatic heterocycles. The molecule has 0 amide bonds. The second-order valence-corrected chi connectivity index (χ2v) is 8.34. The lowest BCUT2D eigenvalue weighted by Crippen LogP contribution is -2.19. The summed E-state index contributed by atoms with van der Waals surface area (Å²) in [5.74, 6) is -0.191. The average molecular weight is 390 g/mol. The average Bonchev–Trinajstić information content (AvgIpc) is 2.69. The molecule has 3 aromatic rings. The van der Waals surface area contributed by atoms with Gasteiger partial charge < -0.3 is 4.74 Å². The summed E-state index contributed by atoms with van der Waals surface area (Å²) in [6, 6.07) is 16.7. The second kappa shape index (κ2) is 7.44. The van der Waals surface area contributed by atoms with E-state index in [9.17, 15) is 4.79 Å². The van der Waals surface area contributed by atoms with Crippen molar-refractivity contribution >= 4 is 28.6 Å². The molecule has 0 N–H and O–H groups in total. The largest absolute Gasteiger partial charge is 0.463 e. The third-order valence-electron chi connectivity index (χ3n) is 5.13. The third kappa shape index (κ3) is 3.22. The number of benzene rings is 2. The normalized spacial score (nSPS) is 15.2. The lowest BCUT2D eigenvalue weighted by atomic mass is 9.83. The van der Waals surface area contributed by atoms with Crippen molar-refractivity contribution in [3.05, 3.63) is 77.4 Å². The lowest BCUT2D eigenvalue weighted by Gasteiger charge is -2.29. The van der Waals surface area contributed by atoms with Gasteiger partial charge in [0.1, 0.15) is 5.03 Å². The van der Waals surface area contributed by atoms with Gasteiger partial charge in [-0.05, 0) is 47.7 Å². The van der Waals surface area contributed by atoms with Crippen molar-refractivity contribution in [2.45, 2.75) is 42.5 Å². The van der Waals surface area contributed by atoms with E-state index in [1.54, 1.807) is 11.8 Å². The monoisotopic (exact) mass is 389 g/mol. The molecule has 3 nitrogen and oxygen atoms in total. The number of hydrogen-bond acceptors (Lipinski definition) is 4. The number of para-hydroxylation sites is 1. The number of aromatic nitrogens is 1. The van der Waals surface area contributed by atoms with Crippen molar-refractivity contribution in [2.75, 3.05) is 6.61 Å². The molecular weight excluding hydrogens is 366 g/mol. The topological polar surface area (TPSA) is 39.2 Å². The highest BCUT2D eigenvalue weighted by molar-refractivity contribution is 7.99. The van der Waals surface area contributed by atoms with Gasteiger partial charge in [-0.2, -0.15) is 0 Å². The molecular formula is C24H23NO2S. The van der Waals surface area contributed by atoms with Crippen LogP contribution in [0.25, 0.3) is 10.9 Å². The van der Waals surface area contributed by atoms with Gasteiger partial charge in [-0.3, -0.25) is 0 Å². The van der Waals surface area contributed by atoms with E-state index >= 15 is 0 Å². The summed E-state index contributed by atoms with van der Waals surface area (Å²) in [6.45, 7) is 10.6. The quantitative estimate of drug-likeness (QED) is 0.401. The van der Waals surface area contributed by atoms with Crippen molar-refractivity contribution in [2.24, 2.45) is 0 Å². The van der Waals surface area contributed by atoms with Gasteiger partial charge in [-0.25, -0.2) is 9.78 Å². The Kier molecular flexibility index (Phi) is 4.98. The zero-order valence-electron chi connectivity index (χ0n) is 16.4. The van der Waals surface area contributed by atoms with Crippen LogP contribution in [0.1, 0.15) is 49.3 Å². The maximum Gasteiger partial charge on any atom is 0.334 e. The van der Waals surface area contributed by atoms with Crippen LogP contribution < -0.4 is 0 Å². The Morgan fingerprint density at radius 1 is 1.18 bits per heavy atom. The minimum atomic E-state index is -0.348. The van der Waals surface area contributed by atoms with E-state index in [4.69, 9.17) is 9.72 Å². The number of ether oxygens (including phenoxy) is 1. The number of fused-ring (bicyclic) bond motifs is 3. The Bertz CT molecular complexity index is 1090. The van der Waals surface area contributed by atoms with E-state index in [1.165, 1.54) is 5.56 Å². The molecule has 0 fully saturated rings. The van der Waals surface area contributed by atoms with Crippen LogP contribution in [0.3, 0.4) is 0 Å². The van der Waals surface area contributed by atoms with Crippen LogP contribution in [0.5, 0.6) is 0 Å². The first kappa shape index (κ1) is 18.8. The molecule has 0 aliphatic carbocycles. The summed E-state index contributed by atoms with van der Waals surface area (Å²) in [7, 11) is 0. The first-order valence-corrected chi connectivity index (χ1v) is 10.4. The van der Waals surface area contributed by atoms with Gasteiger partial charge in [0.05, 0.1) is 12.1 Å². The standard InChI is InChI=1S/C24H23NO2S/c1-5-27-24(26)15(4)22-18-12-16(14(2)3)10-11-21(18)28-23-19(22)13-17-8-6-7-9-20(17)25-23/h6-14,22H,4-5H2,1-3H3. The Hall–Kier alpha value is -2.59. The maximum absolute atomic E-state index is 12.6. The number of rotatable bonds is 4. The summed E-state index contributed by atoms with van der Waals surface area (Å²) in [5, 5.41) is 1.99. The van der Waals surface area contributed by atoms with Crippen LogP contribution >= 0.6 is 11.8 Å². The molecule has 0 spiro atoms. The van der Waals surface area contributed by atoms with Crippen LogP contribution in [-0.4, -0.2) is 17.6 Å². The van der Waals surface area contributed by atoms with Gasteiger partial charge in [-0.15, -0.1) is 0 Å². The van der Waals surface area contributed by atoms with Crippen LogP contribution in [0.2, 0.25) is 0 Å². The van der Waals surface area contributed by atoms with E-state index in [0.717, 1.165) is 32.0 Å². The summed E-state index contributed by atoms with van der Waals surface area (Å²) >= 11 is 1.66. The molecule has 1 aliphatic rings. The van der Waals surface area contributed by atoms with Gasteiger partial charge in [-0.1, -0.05) is 62.5 Å². The van der Waals surface area contributed by atoms with Crippen LogP contribution in [0.15, 0.2) is 70.6 Å². The van der Waals surface area contributed by atoms with E-state index in [1.807, 2.05) is 25.1 Å². The number of esters is 1. The minimum absolute atomic E-state index is 0.249. The molecule has 1 unspecified atom stereocenters. The highest BCUT2D eigenvalue weighted by Crippen LogP contribution is 2.49. The molecule has 2 aromatic carbocycles. The summed E-state index contributed by atoms with van der Waals surface area (Å²) in [6.07, 6.45) is 0. The molecule has 0 radical (unpaired) electrons. The molecule has 1 atom stereocenters. The van der Waals surface area contributed by atoms with Crippen molar-refractivity contribution in [1.82, 2.24) is 4.98 Å². The SMILES string of the molecule is C=C(C(=O)OCC)C1c2cc(C(C)C)ccc2Sc2nc3ccccc3cc21. The van der Waals surface area contributed by atoms with Gasteiger partial charge in [0.2, 0.25) is 0 Å². The first-order valence-electron chi connectivity index (χ1n) is 9.57. The van der Waals surface area contributed by atoms with E-state index in [2.05, 4.69) is 50.8 Å². The van der Waals surface area contributed by atoms with Crippen molar-refractivity contribution in [3.8, 4) is 0 Å².